The zero-order chi connectivity index (χ0) is 12.5. The zero-order valence-electron chi connectivity index (χ0n) is 9.90. The number of ether oxygens (including phenoxy) is 1. The molecule has 1 aromatic carbocycles. The van der Waals surface area contributed by atoms with Crippen LogP contribution in [-0.4, -0.2) is 12.0 Å². The summed E-state index contributed by atoms with van der Waals surface area (Å²) in [6.45, 7) is 5.51. The lowest BCUT2D eigenvalue weighted by molar-refractivity contribution is -0.386. The predicted octanol–water partition coefficient (Wildman–Crippen LogP) is 2.62. The predicted molar refractivity (Wildman–Crippen MR) is 62.9 cm³/mol. The highest BCUT2D eigenvalue weighted by Gasteiger charge is 2.25. The third-order valence-electron chi connectivity index (χ3n) is 2.59. The Kier molecular flexibility index (Phi) is 3.37. The molecule has 0 atom stereocenters. The van der Waals surface area contributed by atoms with Gasteiger partial charge in [0, 0.05) is 11.3 Å². The second-order valence-corrected chi connectivity index (χ2v) is 3.97. The molecule has 0 aliphatic heterocycles. The molecule has 1 aromatic rings. The fourth-order valence-electron chi connectivity index (χ4n) is 1.65. The molecule has 0 aliphatic carbocycles. The summed E-state index contributed by atoms with van der Waals surface area (Å²) in [5, 5.41) is 11.0. The van der Waals surface area contributed by atoms with E-state index in [0.717, 1.165) is 5.56 Å². The maximum Gasteiger partial charge on any atom is 0.316 e. The van der Waals surface area contributed by atoms with Crippen molar-refractivity contribution in [1.82, 2.24) is 0 Å². The van der Waals surface area contributed by atoms with Gasteiger partial charge in [0.05, 0.1) is 17.6 Å². The molecule has 88 valence electrons. The molecule has 1 rings (SSSR count). The average molecular weight is 224 g/mol. The highest BCUT2D eigenvalue weighted by Crippen LogP contribution is 2.40. The summed E-state index contributed by atoms with van der Waals surface area (Å²) in [6.07, 6.45) is 0. The Labute approximate surface area is 94.4 Å². The molecule has 0 heterocycles. The summed E-state index contributed by atoms with van der Waals surface area (Å²) >= 11 is 0. The van der Waals surface area contributed by atoms with Gasteiger partial charge >= 0.3 is 5.69 Å². The number of nitrogens with two attached hydrogens (primary N) is 1. The quantitative estimate of drug-likeness (QED) is 0.486. The Morgan fingerprint density at radius 1 is 1.50 bits per heavy atom. The van der Waals surface area contributed by atoms with Crippen LogP contribution in [0.15, 0.2) is 6.07 Å². The Balaban J connectivity index is 3.62. The van der Waals surface area contributed by atoms with Crippen LogP contribution in [0.1, 0.15) is 30.9 Å². The molecule has 0 amide bonds. The molecule has 0 aliphatic rings. The van der Waals surface area contributed by atoms with E-state index in [2.05, 4.69) is 0 Å². The summed E-state index contributed by atoms with van der Waals surface area (Å²) in [5.74, 6) is 0.434. The van der Waals surface area contributed by atoms with Gasteiger partial charge in [0.2, 0.25) is 5.75 Å². The Bertz CT molecular complexity index is 428. The molecule has 5 heteroatoms. The minimum atomic E-state index is -0.448. The van der Waals surface area contributed by atoms with Crippen molar-refractivity contribution in [3.63, 3.8) is 0 Å². The van der Waals surface area contributed by atoms with Gasteiger partial charge < -0.3 is 10.5 Å². The number of nitro benzene ring substituents is 1. The van der Waals surface area contributed by atoms with Crippen LogP contribution in [0, 0.1) is 17.0 Å². The van der Waals surface area contributed by atoms with Crippen LogP contribution < -0.4 is 10.5 Å². The zero-order valence-corrected chi connectivity index (χ0v) is 9.90. The number of nitrogen functional groups attached to an aromatic ring is 1. The van der Waals surface area contributed by atoms with Gasteiger partial charge in [-0.05, 0) is 18.9 Å². The first kappa shape index (κ1) is 12.3. The van der Waals surface area contributed by atoms with Crippen molar-refractivity contribution < 1.29 is 9.66 Å². The maximum atomic E-state index is 11.0. The fraction of sp³-hybridized carbons (Fsp3) is 0.455. The molecule has 0 bridgehead atoms. The van der Waals surface area contributed by atoms with E-state index < -0.39 is 4.92 Å². The number of hydrogen-bond acceptors (Lipinski definition) is 4. The van der Waals surface area contributed by atoms with Crippen molar-refractivity contribution in [2.75, 3.05) is 12.8 Å². The first-order valence-electron chi connectivity index (χ1n) is 5.01. The van der Waals surface area contributed by atoms with Crippen molar-refractivity contribution in [2.45, 2.75) is 26.7 Å². The summed E-state index contributed by atoms with van der Waals surface area (Å²) in [4.78, 5) is 10.6. The highest BCUT2D eigenvalue weighted by atomic mass is 16.6. The van der Waals surface area contributed by atoms with Crippen LogP contribution in [0.2, 0.25) is 0 Å². The number of nitrogens with zero attached hydrogens (tertiary/aromatic N) is 1. The van der Waals surface area contributed by atoms with Gasteiger partial charge in [-0.1, -0.05) is 13.8 Å². The van der Waals surface area contributed by atoms with Gasteiger partial charge in [-0.25, -0.2) is 0 Å². The molecule has 0 saturated carbocycles. The van der Waals surface area contributed by atoms with E-state index in [0.29, 0.717) is 17.0 Å². The molecular formula is C11H16N2O3. The van der Waals surface area contributed by atoms with E-state index in [1.54, 1.807) is 13.0 Å². The molecule has 5 nitrogen and oxygen atoms in total. The Morgan fingerprint density at radius 2 is 2.06 bits per heavy atom. The van der Waals surface area contributed by atoms with Gasteiger partial charge in [-0.2, -0.15) is 0 Å². The van der Waals surface area contributed by atoms with E-state index in [9.17, 15) is 10.1 Å². The molecule has 2 N–H and O–H groups in total. The van der Waals surface area contributed by atoms with Crippen molar-refractivity contribution in [1.29, 1.82) is 0 Å². The Hall–Kier alpha value is -1.78. The van der Waals surface area contributed by atoms with Crippen molar-refractivity contribution >= 4 is 11.4 Å². The molecule has 0 fully saturated rings. The van der Waals surface area contributed by atoms with Gasteiger partial charge in [0.15, 0.2) is 0 Å². The van der Waals surface area contributed by atoms with E-state index in [1.165, 1.54) is 7.11 Å². The van der Waals surface area contributed by atoms with Crippen LogP contribution in [0.4, 0.5) is 11.4 Å². The van der Waals surface area contributed by atoms with Gasteiger partial charge in [-0.15, -0.1) is 0 Å². The summed E-state index contributed by atoms with van der Waals surface area (Å²) < 4.78 is 5.14. The van der Waals surface area contributed by atoms with Gasteiger partial charge in [0.1, 0.15) is 0 Å². The largest absolute Gasteiger partial charge is 0.490 e. The van der Waals surface area contributed by atoms with Crippen LogP contribution >= 0.6 is 0 Å². The third-order valence-corrected chi connectivity index (χ3v) is 2.59. The maximum absolute atomic E-state index is 11.0. The molecule has 0 spiro atoms. The van der Waals surface area contributed by atoms with E-state index >= 15 is 0 Å². The summed E-state index contributed by atoms with van der Waals surface area (Å²) in [7, 11) is 1.43. The first-order chi connectivity index (χ1) is 7.40. The van der Waals surface area contributed by atoms with E-state index in [1.807, 2.05) is 13.8 Å². The lowest BCUT2D eigenvalue weighted by Crippen LogP contribution is -2.04. The molecule has 0 saturated heterocycles. The second-order valence-electron chi connectivity index (χ2n) is 3.97. The second kappa shape index (κ2) is 4.38. The van der Waals surface area contributed by atoms with Gasteiger partial charge in [0.25, 0.3) is 0 Å². The number of methoxy groups -OCH3 is 1. The number of benzene rings is 1. The fourth-order valence-corrected chi connectivity index (χ4v) is 1.65. The topological polar surface area (TPSA) is 78.4 Å². The standard InChI is InChI=1S/C11H16N2O3/c1-6(2)8-5-9(12)7(3)10(13(14)15)11(8)16-4/h5-6H,12H2,1-4H3. The number of rotatable bonds is 3. The molecule has 16 heavy (non-hydrogen) atoms. The van der Waals surface area contributed by atoms with E-state index in [4.69, 9.17) is 10.5 Å². The van der Waals surface area contributed by atoms with Crippen molar-refractivity contribution in [2.24, 2.45) is 0 Å². The van der Waals surface area contributed by atoms with E-state index in [-0.39, 0.29) is 11.6 Å². The number of anilines is 1. The monoisotopic (exact) mass is 224 g/mol. The Morgan fingerprint density at radius 3 is 2.44 bits per heavy atom. The van der Waals surface area contributed by atoms with Crippen molar-refractivity contribution in [3.8, 4) is 5.75 Å². The average Bonchev–Trinajstić information content (AvgIpc) is 2.20. The minimum absolute atomic E-state index is 0.0359. The molecule has 0 unspecified atom stereocenters. The van der Waals surface area contributed by atoms with Gasteiger partial charge in [-0.3, -0.25) is 10.1 Å². The normalized spacial score (nSPS) is 10.6. The minimum Gasteiger partial charge on any atom is -0.490 e. The molecule has 0 aromatic heterocycles. The number of nitro groups is 1. The van der Waals surface area contributed by atoms with Crippen LogP contribution in [0.5, 0.6) is 5.75 Å². The smallest absolute Gasteiger partial charge is 0.316 e. The lowest BCUT2D eigenvalue weighted by Gasteiger charge is -2.14. The first-order valence-corrected chi connectivity index (χ1v) is 5.01. The van der Waals surface area contributed by atoms with Crippen LogP contribution in [-0.2, 0) is 0 Å². The van der Waals surface area contributed by atoms with Crippen LogP contribution in [0.25, 0.3) is 0 Å². The molecular weight excluding hydrogens is 208 g/mol. The van der Waals surface area contributed by atoms with Crippen LogP contribution in [0.3, 0.4) is 0 Å². The summed E-state index contributed by atoms with van der Waals surface area (Å²) in [6, 6.07) is 1.74. The highest BCUT2D eigenvalue weighted by molar-refractivity contribution is 5.68. The van der Waals surface area contributed by atoms with Crippen molar-refractivity contribution in [3.05, 3.63) is 27.3 Å². The third kappa shape index (κ3) is 1.93. The molecule has 0 radical (unpaired) electrons. The lowest BCUT2D eigenvalue weighted by atomic mass is 9.97. The SMILES string of the molecule is COc1c(C(C)C)cc(N)c(C)c1[N+](=O)[O-]. The summed E-state index contributed by atoms with van der Waals surface area (Å²) in [5.41, 5.74) is 7.36. The number of hydrogen-bond donors (Lipinski definition) is 1.